The molecule has 98 valence electrons. The zero-order valence-electron chi connectivity index (χ0n) is 9.33. The minimum atomic E-state index is -3.72. The highest BCUT2D eigenvalue weighted by Gasteiger charge is 2.35. The Balaban J connectivity index is 2.79. The van der Waals surface area contributed by atoms with E-state index in [0.29, 0.717) is 12.8 Å². The molecule has 0 bridgehead atoms. The van der Waals surface area contributed by atoms with Crippen molar-refractivity contribution in [1.82, 2.24) is 4.31 Å². The van der Waals surface area contributed by atoms with Crippen LogP contribution in [0.4, 0.5) is 0 Å². The van der Waals surface area contributed by atoms with Gasteiger partial charge in [0.1, 0.15) is 6.04 Å². The molecule has 0 radical (unpaired) electrons. The summed E-state index contributed by atoms with van der Waals surface area (Å²) in [6.45, 7) is 0.232. The Morgan fingerprint density at radius 3 is 2.53 bits per heavy atom. The van der Waals surface area contributed by atoms with Crippen LogP contribution in [-0.2, 0) is 19.6 Å². The van der Waals surface area contributed by atoms with E-state index < -0.39 is 40.1 Å². The van der Waals surface area contributed by atoms with Crippen molar-refractivity contribution in [3.63, 3.8) is 0 Å². The average molecular weight is 264 g/mol. The highest BCUT2D eigenvalue weighted by molar-refractivity contribution is 7.89. The zero-order valence-corrected chi connectivity index (χ0v) is 10.1. The molecule has 1 amide bonds. The Morgan fingerprint density at radius 1 is 1.35 bits per heavy atom. The molecule has 1 fully saturated rings. The van der Waals surface area contributed by atoms with Gasteiger partial charge in [-0.3, -0.25) is 9.59 Å². The summed E-state index contributed by atoms with van der Waals surface area (Å²) in [4.78, 5) is 21.5. The number of carbonyl (C=O) groups is 2. The van der Waals surface area contributed by atoms with Gasteiger partial charge in [0.2, 0.25) is 15.9 Å². The molecule has 0 spiro atoms. The molecule has 0 aromatic heterocycles. The predicted octanol–water partition coefficient (Wildman–Crippen LogP) is -0.869. The van der Waals surface area contributed by atoms with Gasteiger partial charge in [0, 0.05) is 6.54 Å². The fourth-order valence-electron chi connectivity index (χ4n) is 1.86. The van der Waals surface area contributed by atoms with Gasteiger partial charge in [0.15, 0.2) is 0 Å². The van der Waals surface area contributed by atoms with E-state index in [-0.39, 0.29) is 6.54 Å². The average Bonchev–Trinajstić information content (AvgIpc) is 2.26. The number of hydrogen-bond acceptors (Lipinski definition) is 4. The summed E-state index contributed by atoms with van der Waals surface area (Å²) in [7, 11) is -3.72. The number of aliphatic carboxylic acids is 1. The van der Waals surface area contributed by atoms with Crippen LogP contribution in [0.2, 0.25) is 0 Å². The summed E-state index contributed by atoms with van der Waals surface area (Å²) in [5.74, 6) is -2.35. The van der Waals surface area contributed by atoms with Crippen molar-refractivity contribution in [2.75, 3.05) is 12.3 Å². The molecule has 1 unspecified atom stereocenters. The lowest BCUT2D eigenvalue weighted by Crippen LogP contribution is -2.51. The molecule has 0 aromatic rings. The van der Waals surface area contributed by atoms with Crippen molar-refractivity contribution in [3.8, 4) is 0 Å². The smallest absolute Gasteiger partial charge is 0.304 e. The van der Waals surface area contributed by atoms with Crippen LogP contribution >= 0.6 is 0 Å². The van der Waals surface area contributed by atoms with Crippen LogP contribution in [0.5, 0.6) is 0 Å². The standard InChI is InChI=1S/C9H16N2O5S/c10-9(14)7-3-1-2-5-11(7)17(15,16)6-4-8(12)13/h7H,1-6H2,(H2,10,14)(H,12,13). The van der Waals surface area contributed by atoms with E-state index in [0.717, 1.165) is 10.7 Å². The molecule has 1 aliphatic rings. The number of carbonyl (C=O) groups excluding carboxylic acids is 1. The molecule has 1 heterocycles. The molecule has 0 saturated carbocycles. The van der Waals surface area contributed by atoms with Gasteiger partial charge >= 0.3 is 5.97 Å². The van der Waals surface area contributed by atoms with Gasteiger partial charge in [-0.05, 0) is 12.8 Å². The third-order valence-corrected chi connectivity index (χ3v) is 4.58. The second kappa shape index (κ2) is 5.46. The molecule has 1 atom stereocenters. The van der Waals surface area contributed by atoms with E-state index in [2.05, 4.69) is 0 Å². The summed E-state index contributed by atoms with van der Waals surface area (Å²) >= 11 is 0. The molecule has 8 heteroatoms. The number of sulfonamides is 1. The monoisotopic (exact) mass is 264 g/mol. The number of piperidine rings is 1. The number of rotatable bonds is 5. The summed E-state index contributed by atoms with van der Waals surface area (Å²) in [5.41, 5.74) is 5.15. The fraction of sp³-hybridized carbons (Fsp3) is 0.778. The van der Waals surface area contributed by atoms with E-state index in [1.165, 1.54) is 0 Å². The highest BCUT2D eigenvalue weighted by Crippen LogP contribution is 2.20. The van der Waals surface area contributed by atoms with Gasteiger partial charge in [-0.2, -0.15) is 4.31 Å². The quantitative estimate of drug-likeness (QED) is 0.669. The van der Waals surface area contributed by atoms with Gasteiger partial charge in [0.25, 0.3) is 0 Å². The molecule has 1 saturated heterocycles. The Kier molecular flexibility index (Phi) is 4.47. The summed E-state index contributed by atoms with van der Waals surface area (Å²) in [6.07, 6.45) is 1.35. The number of primary amides is 1. The van der Waals surface area contributed by atoms with Crippen LogP contribution in [-0.4, -0.2) is 48.0 Å². The molecule has 0 aliphatic carbocycles. The Hall–Kier alpha value is -1.15. The molecular weight excluding hydrogens is 248 g/mol. The lowest BCUT2D eigenvalue weighted by atomic mass is 10.0. The van der Waals surface area contributed by atoms with Gasteiger partial charge in [0.05, 0.1) is 12.2 Å². The first kappa shape index (κ1) is 13.9. The van der Waals surface area contributed by atoms with Gasteiger partial charge in [-0.1, -0.05) is 6.42 Å². The van der Waals surface area contributed by atoms with Crippen molar-refractivity contribution in [2.24, 2.45) is 5.73 Å². The van der Waals surface area contributed by atoms with Crippen LogP contribution in [0.1, 0.15) is 25.7 Å². The van der Waals surface area contributed by atoms with Crippen molar-refractivity contribution >= 4 is 21.9 Å². The number of nitrogens with zero attached hydrogens (tertiary/aromatic N) is 1. The lowest BCUT2D eigenvalue weighted by molar-refractivity contribution is -0.136. The van der Waals surface area contributed by atoms with Crippen LogP contribution in [0.15, 0.2) is 0 Å². The van der Waals surface area contributed by atoms with Gasteiger partial charge in [-0.15, -0.1) is 0 Å². The number of carboxylic acids is 1. The Labute approximate surface area is 99.6 Å². The minimum absolute atomic E-state index is 0.232. The molecule has 1 rings (SSSR count). The zero-order chi connectivity index (χ0) is 13.1. The normalized spacial score (nSPS) is 22.2. The van der Waals surface area contributed by atoms with Crippen LogP contribution in [0.3, 0.4) is 0 Å². The van der Waals surface area contributed by atoms with Crippen molar-refractivity contribution in [1.29, 1.82) is 0 Å². The third kappa shape index (κ3) is 3.67. The SMILES string of the molecule is NC(=O)C1CCCCN1S(=O)(=O)CCC(=O)O. The fourth-order valence-corrected chi connectivity index (χ4v) is 3.53. The first-order chi connectivity index (χ1) is 7.84. The molecule has 7 nitrogen and oxygen atoms in total. The van der Waals surface area contributed by atoms with Crippen LogP contribution < -0.4 is 5.73 Å². The Bertz CT molecular complexity index is 406. The number of amides is 1. The molecule has 17 heavy (non-hydrogen) atoms. The van der Waals surface area contributed by atoms with E-state index in [1.54, 1.807) is 0 Å². The minimum Gasteiger partial charge on any atom is -0.481 e. The predicted molar refractivity (Wildman–Crippen MR) is 59.6 cm³/mol. The number of nitrogens with two attached hydrogens (primary N) is 1. The number of hydrogen-bond donors (Lipinski definition) is 2. The van der Waals surface area contributed by atoms with Crippen molar-refractivity contribution in [2.45, 2.75) is 31.7 Å². The first-order valence-electron chi connectivity index (χ1n) is 5.35. The topological polar surface area (TPSA) is 118 Å². The maximum atomic E-state index is 11.9. The van der Waals surface area contributed by atoms with E-state index in [1.807, 2.05) is 0 Å². The Morgan fingerprint density at radius 2 is 2.00 bits per heavy atom. The summed E-state index contributed by atoms with van der Waals surface area (Å²) in [5, 5.41) is 8.48. The molecular formula is C9H16N2O5S. The van der Waals surface area contributed by atoms with Gasteiger partial charge in [-0.25, -0.2) is 8.42 Å². The van der Waals surface area contributed by atoms with Crippen LogP contribution in [0.25, 0.3) is 0 Å². The maximum Gasteiger partial charge on any atom is 0.304 e. The van der Waals surface area contributed by atoms with E-state index >= 15 is 0 Å². The third-order valence-electron chi connectivity index (χ3n) is 2.71. The summed E-state index contributed by atoms with van der Waals surface area (Å²) in [6, 6.07) is -0.831. The molecule has 0 aromatic carbocycles. The first-order valence-corrected chi connectivity index (χ1v) is 6.96. The largest absolute Gasteiger partial charge is 0.481 e. The number of carboxylic acid groups (broad SMARTS) is 1. The molecule has 1 aliphatic heterocycles. The lowest BCUT2D eigenvalue weighted by Gasteiger charge is -2.32. The van der Waals surface area contributed by atoms with Crippen LogP contribution in [0, 0.1) is 0 Å². The summed E-state index contributed by atoms with van der Waals surface area (Å²) < 4.78 is 24.8. The second-order valence-corrected chi connectivity index (χ2v) is 6.03. The van der Waals surface area contributed by atoms with Crippen molar-refractivity contribution < 1.29 is 23.1 Å². The maximum absolute atomic E-state index is 11.9. The second-order valence-electron chi connectivity index (χ2n) is 3.98. The van der Waals surface area contributed by atoms with Gasteiger partial charge < -0.3 is 10.8 Å². The van der Waals surface area contributed by atoms with Crippen molar-refractivity contribution in [3.05, 3.63) is 0 Å². The molecule has 3 N–H and O–H groups in total. The highest BCUT2D eigenvalue weighted by atomic mass is 32.2. The van der Waals surface area contributed by atoms with E-state index in [9.17, 15) is 18.0 Å². The van der Waals surface area contributed by atoms with E-state index in [4.69, 9.17) is 10.8 Å².